The van der Waals surface area contributed by atoms with Crippen LogP contribution in [0.3, 0.4) is 0 Å². The lowest BCUT2D eigenvalue weighted by Crippen LogP contribution is -2.49. The number of thioether (sulfide) groups is 1. The predicted octanol–water partition coefficient (Wildman–Crippen LogP) is 2.48. The second-order valence-corrected chi connectivity index (χ2v) is 7.25. The predicted molar refractivity (Wildman–Crippen MR) is 92.4 cm³/mol. The van der Waals surface area contributed by atoms with Gasteiger partial charge in [0.25, 0.3) is 0 Å². The summed E-state index contributed by atoms with van der Waals surface area (Å²) in [5.41, 5.74) is 1.73. The van der Waals surface area contributed by atoms with Gasteiger partial charge in [-0.25, -0.2) is 4.79 Å². The van der Waals surface area contributed by atoms with Crippen LogP contribution in [0.4, 0.5) is 4.79 Å². The summed E-state index contributed by atoms with van der Waals surface area (Å²) in [6.07, 6.45) is 2.45. The van der Waals surface area contributed by atoms with E-state index in [1.165, 1.54) is 11.1 Å². The fourth-order valence-corrected chi connectivity index (χ4v) is 3.82. The molecule has 5 heteroatoms. The maximum atomic E-state index is 12.0. The molecule has 0 aliphatic carbocycles. The average Bonchev–Trinajstić information content (AvgIpc) is 2.94. The van der Waals surface area contributed by atoms with E-state index in [2.05, 4.69) is 48.7 Å². The Morgan fingerprint density at radius 1 is 1.41 bits per heavy atom. The van der Waals surface area contributed by atoms with Crippen molar-refractivity contribution in [3.05, 3.63) is 35.4 Å². The van der Waals surface area contributed by atoms with Gasteiger partial charge in [0.15, 0.2) is 0 Å². The Kier molecular flexibility index (Phi) is 6.15. The quantitative estimate of drug-likeness (QED) is 0.754. The van der Waals surface area contributed by atoms with Crippen LogP contribution in [0, 0.1) is 6.92 Å². The lowest BCUT2D eigenvalue weighted by molar-refractivity contribution is 0.0698. The van der Waals surface area contributed by atoms with Gasteiger partial charge in [-0.05, 0) is 37.5 Å². The van der Waals surface area contributed by atoms with E-state index in [0.29, 0.717) is 12.3 Å². The molecule has 1 fully saturated rings. The third-order valence-electron chi connectivity index (χ3n) is 4.09. The first-order valence-electron chi connectivity index (χ1n) is 7.91. The molecule has 0 saturated carbocycles. The van der Waals surface area contributed by atoms with Gasteiger partial charge in [-0.1, -0.05) is 36.8 Å². The Bertz CT molecular complexity index is 484. The van der Waals surface area contributed by atoms with Crippen LogP contribution in [0.15, 0.2) is 24.3 Å². The number of carbonyl (C=O) groups is 1. The van der Waals surface area contributed by atoms with Crippen molar-refractivity contribution in [1.82, 2.24) is 10.6 Å². The van der Waals surface area contributed by atoms with E-state index in [1.54, 1.807) is 11.8 Å². The van der Waals surface area contributed by atoms with E-state index in [1.807, 2.05) is 0 Å². The number of hydrogen-bond donors (Lipinski definition) is 3. The van der Waals surface area contributed by atoms with Gasteiger partial charge < -0.3 is 15.7 Å². The number of nitrogens with one attached hydrogen (secondary N) is 2. The number of benzene rings is 1. The summed E-state index contributed by atoms with van der Waals surface area (Å²) in [6.45, 7) is 4.46. The molecule has 0 spiro atoms. The van der Waals surface area contributed by atoms with Crippen molar-refractivity contribution in [2.75, 3.05) is 18.1 Å². The zero-order valence-electron chi connectivity index (χ0n) is 13.4. The molecule has 1 saturated heterocycles. The fourth-order valence-electron chi connectivity index (χ4n) is 2.52. The summed E-state index contributed by atoms with van der Waals surface area (Å²) in [6, 6.07) is 8.32. The molecule has 22 heavy (non-hydrogen) atoms. The highest BCUT2D eigenvalue weighted by atomic mass is 32.2. The molecule has 2 unspecified atom stereocenters. The van der Waals surface area contributed by atoms with E-state index >= 15 is 0 Å². The number of amides is 2. The van der Waals surface area contributed by atoms with Crippen molar-refractivity contribution in [3.63, 3.8) is 0 Å². The van der Waals surface area contributed by atoms with Crippen LogP contribution < -0.4 is 10.6 Å². The van der Waals surface area contributed by atoms with E-state index in [9.17, 15) is 9.90 Å². The normalized spacial score (nSPS) is 22.3. The van der Waals surface area contributed by atoms with Crippen LogP contribution in [0.2, 0.25) is 0 Å². The molecule has 2 rings (SSSR count). The molecule has 122 valence electrons. The molecule has 0 bridgehead atoms. The Balaban J connectivity index is 1.79. The van der Waals surface area contributed by atoms with Crippen LogP contribution in [-0.2, 0) is 6.42 Å². The third kappa shape index (κ3) is 5.21. The minimum absolute atomic E-state index is 0.107. The number of rotatable bonds is 6. The molecule has 1 aromatic rings. The van der Waals surface area contributed by atoms with Crippen molar-refractivity contribution in [2.45, 2.75) is 44.8 Å². The molecule has 1 aliphatic heterocycles. The molecule has 2 amide bonds. The molecule has 1 aromatic carbocycles. The smallest absolute Gasteiger partial charge is 0.315 e. The Morgan fingerprint density at radius 2 is 2.14 bits per heavy atom. The summed E-state index contributed by atoms with van der Waals surface area (Å²) in [4.78, 5) is 12.0. The molecule has 3 N–H and O–H groups in total. The summed E-state index contributed by atoms with van der Waals surface area (Å²) in [5.74, 6) is 1.67. The number of hydrogen-bond acceptors (Lipinski definition) is 3. The van der Waals surface area contributed by atoms with Crippen LogP contribution in [-0.4, -0.2) is 40.8 Å². The van der Waals surface area contributed by atoms with E-state index < -0.39 is 5.60 Å². The monoisotopic (exact) mass is 322 g/mol. The minimum Gasteiger partial charge on any atom is -0.387 e. The van der Waals surface area contributed by atoms with Crippen molar-refractivity contribution < 1.29 is 9.90 Å². The number of aryl methyl sites for hydroxylation is 1. The lowest BCUT2D eigenvalue weighted by atomic mass is 10.0. The van der Waals surface area contributed by atoms with Gasteiger partial charge in [0.2, 0.25) is 0 Å². The van der Waals surface area contributed by atoms with Gasteiger partial charge in [0, 0.05) is 18.3 Å². The first kappa shape index (κ1) is 17.2. The van der Waals surface area contributed by atoms with Gasteiger partial charge >= 0.3 is 6.03 Å². The SMILES string of the molecule is CCC(Cc1ccc(C)cc1)NC(=O)NCC1(O)CCSC1. The van der Waals surface area contributed by atoms with E-state index in [-0.39, 0.29) is 12.1 Å². The second-order valence-electron chi connectivity index (χ2n) is 6.15. The molecule has 0 radical (unpaired) electrons. The summed E-state index contributed by atoms with van der Waals surface area (Å²) in [5, 5.41) is 16.0. The van der Waals surface area contributed by atoms with E-state index in [4.69, 9.17) is 0 Å². The number of urea groups is 1. The molecule has 1 heterocycles. The molecular weight excluding hydrogens is 296 g/mol. The standard InChI is InChI=1S/C17H26N2O2S/c1-3-15(10-14-6-4-13(2)5-7-14)19-16(20)18-11-17(21)8-9-22-12-17/h4-7,15,21H,3,8-12H2,1-2H3,(H2,18,19,20). The van der Waals surface area contributed by atoms with Gasteiger partial charge in [-0.3, -0.25) is 0 Å². The first-order chi connectivity index (χ1) is 10.5. The van der Waals surface area contributed by atoms with Crippen molar-refractivity contribution in [2.24, 2.45) is 0 Å². The lowest BCUT2D eigenvalue weighted by Gasteiger charge is -2.23. The van der Waals surface area contributed by atoms with Crippen molar-refractivity contribution in [3.8, 4) is 0 Å². The maximum Gasteiger partial charge on any atom is 0.315 e. The number of aliphatic hydroxyl groups is 1. The molecule has 0 aromatic heterocycles. The maximum absolute atomic E-state index is 12.0. The zero-order valence-corrected chi connectivity index (χ0v) is 14.2. The zero-order chi connectivity index (χ0) is 16.0. The summed E-state index contributed by atoms with van der Waals surface area (Å²) >= 11 is 1.73. The van der Waals surface area contributed by atoms with E-state index in [0.717, 1.165) is 25.0 Å². The van der Waals surface area contributed by atoms with Gasteiger partial charge in [0.05, 0.1) is 5.60 Å². The highest BCUT2D eigenvalue weighted by Gasteiger charge is 2.32. The summed E-state index contributed by atoms with van der Waals surface area (Å²) in [7, 11) is 0. The average molecular weight is 322 g/mol. The van der Waals surface area contributed by atoms with Crippen LogP contribution in [0.1, 0.15) is 30.9 Å². The molecular formula is C17H26N2O2S. The first-order valence-corrected chi connectivity index (χ1v) is 9.06. The van der Waals surface area contributed by atoms with Crippen LogP contribution in [0.25, 0.3) is 0 Å². The Labute approximate surface area is 137 Å². The van der Waals surface area contributed by atoms with Crippen molar-refractivity contribution in [1.29, 1.82) is 0 Å². The number of carbonyl (C=O) groups excluding carboxylic acids is 1. The van der Waals surface area contributed by atoms with Gasteiger partial charge in [0.1, 0.15) is 0 Å². The Hall–Kier alpha value is -1.20. The van der Waals surface area contributed by atoms with Gasteiger partial charge in [-0.15, -0.1) is 0 Å². The largest absolute Gasteiger partial charge is 0.387 e. The van der Waals surface area contributed by atoms with Crippen LogP contribution in [0.5, 0.6) is 0 Å². The molecule has 4 nitrogen and oxygen atoms in total. The molecule has 2 atom stereocenters. The topological polar surface area (TPSA) is 61.4 Å². The third-order valence-corrected chi connectivity index (χ3v) is 5.33. The second kappa shape index (κ2) is 7.88. The van der Waals surface area contributed by atoms with Crippen molar-refractivity contribution >= 4 is 17.8 Å². The van der Waals surface area contributed by atoms with Crippen LogP contribution >= 0.6 is 11.8 Å². The van der Waals surface area contributed by atoms with Gasteiger partial charge in [-0.2, -0.15) is 11.8 Å². The minimum atomic E-state index is -0.735. The molecule has 1 aliphatic rings. The Morgan fingerprint density at radius 3 is 2.73 bits per heavy atom. The highest BCUT2D eigenvalue weighted by Crippen LogP contribution is 2.26. The highest BCUT2D eigenvalue weighted by molar-refractivity contribution is 7.99. The fraction of sp³-hybridized carbons (Fsp3) is 0.588. The summed E-state index contributed by atoms with van der Waals surface area (Å²) < 4.78 is 0.